The predicted octanol–water partition coefficient (Wildman–Crippen LogP) is 17.6. The van der Waals surface area contributed by atoms with Gasteiger partial charge in [0.05, 0.1) is 0 Å². The third-order valence-electron chi connectivity index (χ3n) is 12.2. The average molecular weight is 817 g/mol. The predicted molar refractivity (Wildman–Crippen MR) is 273 cm³/mol. The molecule has 0 heterocycles. The summed E-state index contributed by atoms with van der Waals surface area (Å²) in [4.78, 5) is 4.67. The highest BCUT2D eigenvalue weighted by molar-refractivity contribution is 6.21. The van der Waals surface area contributed by atoms with Gasteiger partial charge in [0.1, 0.15) is 0 Å². The maximum absolute atomic E-state index is 2.37. The van der Waals surface area contributed by atoms with Gasteiger partial charge in [0.15, 0.2) is 0 Å². The Bertz CT molecular complexity index is 3230. The molecule has 0 fully saturated rings. The van der Waals surface area contributed by atoms with Crippen molar-refractivity contribution < 1.29 is 0 Å². The van der Waals surface area contributed by atoms with Gasteiger partial charge in [0.25, 0.3) is 0 Å². The zero-order valence-electron chi connectivity index (χ0n) is 35.3. The second-order valence-electron chi connectivity index (χ2n) is 16.1. The van der Waals surface area contributed by atoms with Crippen molar-refractivity contribution >= 4 is 55.7 Å². The Balaban J connectivity index is 0.980. The van der Waals surface area contributed by atoms with E-state index in [1.807, 2.05) is 0 Å². The van der Waals surface area contributed by atoms with Gasteiger partial charge in [0.2, 0.25) is 0 Å². The van der Waals surface area contributed by atoms with Gasteiger partial charge in [-0.1, -0.05) is 194 Å². The smallest absolute Gasteiger partial charge is 0.0467 e. The van der Waals surface area contributed by atoms with Gasteiger partial charge < -0.3 is 9.80 Å². The number of hydrogen-bond donors (Lipinski definition) is 0. The molecule has 0 saturated heterocycles. The minimum absolute atomic E-state index is 1.08. The highest BCUT2D eigenvalue weighted by atomic mass is 15.1. The fourth-order valence-electron chi connectivity index (χ4n) is 9.24. The van der Waals surface area contributed by atoms with Crippen molar-refractivity contribution in [3.8, 4) is 44.5 Å². The highest BCUT2D eigenvalue weighted by Gasteiger charge is 2.19. The van der Waals surface area contributed by atoms with Gasteiger partial charge in [0, 0.05) is 34.1 Å². The van der Waals surface area contributed by atoms with Gasteiger partial charge in [-0.25, -0.2) is 0 Å². The van der Waals surface area contributed by atoms with E-state index in [-0.39, 0.29) is 0 Å². The Morgan fingerprint density at radius 1 is 0.172 bits per heavy atom. The largest absolute Gasteiger partial charge is 0.311 e. The van der Waals surface area contributed by atoms with Crippen LogP contribution in [0, 0.1) is 0 Å². The maximum Gasteiger partial charge on any atom is 0.0467 e. The second-order valence-corrected chi connectivity index (χ2v) is 16.1. The lowest BCUT2D eigenvalue weighted by Crippen LogP contribution is -2.10. The first-order valence-corrected chi connectivity index (χ1v) is 21.9. The quantitative estimate of drug-likeness (QED) is 0.127. The molecule has 11 aromatic carbocycles. The number of rotatable bonds is 10. The van der Waals surface area contributed by atoms with E-state index < -0.39 is 0 Å². The molecular weight excluding hydrogens is 773 g/mol. The number of nitrogens with zero attached hydrogens (tertiary/aromatic N) is 2. The molecule has 0 bridgehead atoms. The molecule has 0 aliphatic heterocycles. The first-order valence-electron chi connectivity index (χ1n) is 21.9. The molecule has 11 rings (SSSR count). The fraction of sp³-hybridized carbons (Fsp3) is 0. The summed E-state index contributed by atoms with van der Waals surface area (Å²) in [6, 6.07) is 96.1. The Hall–Kier alpha value is -8.46. The van der Waals surface area contributed by atoms with Crippen LogP contribution in [0.15, 0.2) is 267 Å². The van der Waals surface area contributed by atoms with Crippen molar-refractivity contribution in [2.45, 2.75) is 0 Å². The van der Waals surface area contributed by atoms with Crippen molar-refractivity contribution in [2.75, 3.05) is 9.80 Å². The lowest BCUT2D eigenvalue weighted by molar-refractivity contribution is 1.28. The Labute approximate surface area is 375 Å². The van der Waals surface area contributed by atoms with E-state index >= 15 is 0 Å². The monoisotopic (exact) mass is 816 g/mol. The van der Waals surface area contributed by atoms with Crippen LogP contribution in [-0.2, 0) is 0 Å². The lowest BCUT2D eigenvalue weighted by atomic mass is 9.86. The molecule has 302 valence electrons. The van der Waals surface area contributed by atoms with E-state index in [1.165, 1.54) is 54.9 Å². The van der Waals surface area contributed by atoms with Crippen molar-refractivity contribution in [2.24, 2.45) is 0 Å². The molecule has 0 spiro atoms. The molecule has 0 amide bonds. The second kappa shape index (κ2) is 17.1. The highest BCUT2D eigenvalue weighted by Crippen LogP contribution is 2.45. The van der Waals surface area contributed by atoms with Crippen LogP contribution in [0.1, 0.15) is 0 Å². The topological polar surface area (TPSA) is 6.48 Å². The van der Waals surface area contributed by atoms with Crippen molar-refractivity contribution in [3.63, 3.8) is 0 Å². The van der Waals surface area contributed by atoms with Crippen LogP contribution in [-0.4, -0.2) is 0 Å². The first-order chi connectivity index (χ1) is 31.8. The van der Waals surface area contributed by atoms with Gasteiger partial charge in [-0.05, 0) is 139 Å². The molecule has 64 heavy (non-hydrogen) atoms. The lowest BCUT2D eigenvalue weighted by Gasteiger charge is -2.27. The van der Waals surface area contributed by atoms with Crippen LogP contribution >= 0.6 is 0 Å². The van der Waals surface area contributed by atoms with E-state index in [2.05, 4.69) is 277 Å². The average Bonchev–Trinajstić information content (AvgIpc) is 3.38. The number of para-hydroxylation sites is 2. The summed E-state index contributed by atoms with van der Waals surface area (Å²) in [6.07, 6.45) is 0. The Morgan fingerprint density at radius 3 is 0.859 bits per heavy atom. The normalized spacial score (nSPS) is 11.1. The summed E-state index contributed by atoms with van der Waals surface area (Å²) in [5, 5.41) is 5.00. The summed E-state index contributed by atoms with van der Waals surface area (Å²) in [6.45, 7) is 0. The van der Waals surface area contributed by atoms with Crippen molar-refractivity contribution in [1.82, 2.24) is 0 Å². The van der Waals surface area contributed by atoms with E-state index in [4.69, 9.17) is 0 Å². The van der Waals surface area contributed by atoms with Gasteiger partial charge in [-0.2, -0.15) is 0 Å². The molecule has 0 atom stereocenters. The van der Waals surface area contributed by atoms with Crippen LogP contribution in [0.5, 0.6) is 0 Å². The Kier molecular flexibility index (Phi) is 10.3. The van der Waals surface area contributed by atoms with Gasteiger partial charge in [-0.3, -0.25) is 0 Å². The van der Waals surface area contributed by atoms with Crippen molar-refractivity contribution in [3.05, 3.63) is 267 Å². The standard InChI is InChI=1S/C62H44N2/c1-5-18-45(19-6-1)50-22-17-27-56(44-50)64(54-40-34-47(35-41-54)46-32-38-53(39-33-46)63(51-23-9-3-10-24-51)52-25-11-4-12-26-52)55-42-36-49(37-43-55)62-59-30-15-13-28-57(59)61(48-20-7-2-8-21-48)58-29-14-16-31-60(58)62/h1-44H. The number of hydrogen-bond acceptors (Lipinski definition) is 2. The fourth-order valence-corrected chi connectivity index (χ4v) is 9.24. The zero-order chi connectivity index (χ0) is 42.7. The molecule has 0 unspecified atom stereocenters. The summed E-state index contributed by atoms with van der Waals surface area (Å²) < 4.78 is 0. The van der Waals surface area contributed by atoms with Crippen LogP contribution in [0.25, 0.3) is 66.1 Å². The maximum atomic E-state index is 2.37. The number of fused-ring (bicyclic) bond motifs is 2. The molecule has 0 radical (unpaired) electrons. The SMILES string of the molecule is c1ccc(-c2cccc(N(c3ccc(-c4ccc(N(c5ccccc5)c5ccccc5)cc4)cc3)c3ccc(-c4c5ccccc5c(-c5ccccc5)c5ccccc45)cc3)c2)cc1. The van der Waals surface area contributed by atoms with Gasteiger partial charge >= 0.3 is 0 Å². The molecular formula is C62H44N2. The summed E-state index contributed by atoms with van der Waals surface area (Å²) >= 11 is 0. The molecule has 2 nitrogen and oxygen atoms in total. The number of anilines is 6. The molecule has 0 aliphatic carbocycles. The Morgan fingerprint density at radius 2 is 0.438 bits per heavy atom. The molecule has 0 saturated carbocycles. The van der Waals surface area contributed by atoms with E-state index in [1.54, 1.807) is 0 Å². The van der Waals surface area contributed by atoms with Crippen LogP contribution < -0.4 is 9.80 Å². The van der Waals surface area contributed by atoms with Crippen LogP contribution in [0.3, 0.4) is 0 Å². The third kappa shape index (κ3) is 7.38. The molecule has 11 aromatic rings. The summed E-state index contributed by atoms with van der Waals surface area (Å²) in [7, 11) is 0. The molecule has 0 N–H and O–H groups in total. The third-order valence-corrected chi connectivity index (χ3v) is 12.2. The molecule has 0 aliphatic rings. The summed E-state index contributed by atoms with van der Waals surface area (Å²) in [5.74, 6) is 0. The minimum atomic E-state index is 1.08. The van der Waals surface area contributed by atoms with Crippen LogP contribution in [0.4, 0.5) is 34.1 Å². The van der Waals surface area contributed by atoms with E-state index in [0.717, 1.165) is 45.3 Å². The van der Waals surface area contributed by atoms with E-state index in [9.17, 15) is 0 Å². The van der Waals surface area contributed by atoms with Gasteiger partial charge in [-0.15, -0.1) is 0 Å². The van der Waals surface area contributed by atoms with Crippen molar-refractivity contribution in [1.29, 1.82) is 0 Å². The molecule has 2 heteroatoms. The number of benzene rings is 11. The minimum Gasteiger partial charge on any atom is -0.311 e. The first kappa shape index (κ1) is 38.5. The van der Waals surface area contributed by atoms with E-state index in [0.29, 0.717) is 0 Å². The molecule has 0 aromatic heterocycles. The summed E-state index contributed by atoms with van der Waals surface area (Å²) in [5.41, 5.74) is 16.2. The van der Waals surface area contributed by atoms with Crippen LogP contribution in [0.2, 0.25) is 0 Å². The zero-order valence-corrected chi connectivity index (χ0v) is 35.3.